The Morgan fingerprint density at radius 3 is 2.50 bits per heavy atom. The van der Waals surface area contributed by atoms with Crippen molar-refractivity contribution < 1.29 is 4.74 Å². The van der Waals surface area contributed by atoms with Gasteiger partial charge in [-0.1, -0.05) is 26.2 Å². The number of hydrogen-bond donors (Lipinski definition) is 1. The molecule has 2 heteroatoms. The molecule has 104 valence electrons. The molecule has 0 bridgehead atoms. The Morgan fingerprint density at radius 1 is 1.11 bits per heavy atom. The maximum atomic E-state index is 6.39. The van der Waals surface area contributed by atoms with Gasteiger partial charge in [0.15, 0.2) is 0 Å². The van der Waals surface area contributed by atoms with Gasteiger partial charge in [-0.25, -0.2) is 0 Å². The number of rotatable bonds is 5. The van der Waals surface area contributed by atoms with E-state index >= 15 is 0 Å². The van der Waals surface area contributed by atoms with Crippen LogP contribution in [0.2, 0.25) is 0 Å². The summed E-state index contributed by atoms with van der Waals surface area (Å²) in [6, 6.07) is 0.753. The summed E-state index contributed by atoms with van der Waals surface area (Å²) in [4.78, 5) is 0. The van der Waals surface area contributed by atoms with Crippen molar-refractivity contribution in [3.63, 3.8) is 0 Å². The fourth-order valence-electron chi connectivity index (χ4n) is 4.16. The van der Waals surface area contributed by atoms with E-state index in [1.807, 2.05) is 0 Å². The third kappa shape index (κ3) is 2.22. The molecule has 1 N–H and O–H groups in total. The van der Waals surface area contributed by atoms with Crippen molar-refractivity contribution in [2.75, 3.05) is 6.54 Å². The van der Waals surface area contributed by atoms with E-state index in [4.69, 9.17) is 4.74 Å². The molecule has 1 spiro atoms. The minimum absolute atomic E-state index is 0.517. The molecule has 0 heterocycles. The van der Waals surface area contributed by atoms with E-state index in [1.165, 1.54) is 70.8 Å². The van der Waals surface area contributed by atoms with E-state index in [1.54, 1.807) is 0 Å². The molecule has 0 radical (unpaired) electrons. The van der Waals surface area contributed by atoms with Crippen LogP contribution in [0.5, 0.6) is 0 Å². The molecule has 2 atom stereocenters. The summed E-state index contributed by atoms with van der Waals surface area (Å²) in [5, 5.41) is 3.79. The minimum Gasteiger partial charge on any atom is -0.374 e. The lowest BCUT2D eigenvalue weighted by Crippen LogP contribution is -2.65. The van der Waals surface area contributed by atoms with Gasteiger partial charge in [-0.3, -0.25) is 0 Å². The highest BCUT2D eigenvalue weighted by Crippen LogP contribution is 2.54. The highest BCUT2D eigenvalue weighted by Gasteiger charge is 2.56. The summed E-state index contributed by atoms with van der Waals surface area (Å²) >= 11 is 0. The second-order valence-electron chi connectivity index (χ2n) is 6.71. The molecule has 3 aliphatic rings. The molecular formula is C16H29NO. The molecule has 0 saturated heterocycles. The minimum atomic E-state index is 0.517. The van der Waals surface area contributed by atoms with Gasteiger partial charge in [-0.15, -0.1) is 0 Å². The Hall–Kier alpha value is -0.0800. The first-order valence-corrected chi connectivity index (χ1v) is 8.24. The van der Waals surface area contributed by atoms with Gasteiger partial charge >= 0.3 is 0 Å². The van der Waals surface area contributed by atoms with Crippen molar-refractivity contribution in [2.24, 2.45) is 5.41 Å². The van der Waals surface area contributed by atoms with Crippen LogP contribution in [0.15, 0.2) is 0 Å². The van der Waals surface area contributed by atoms with Gasteiger partial charge in [0.1, 0.15) is 0 Å². The van der Waals surface area contributed by atoms with E-state index in [0.29, 0.717) is 17.6 Å². The van der Waals surface area contributed by atoms with Crippen molar-refractivity contribution >= 4 is 0 Å². The summed E-state index contributed by atoms with van der Waals surface area (Å²) in [5.74, 6) is 0. The third-order valence-electron chi connectivity index (χ3n) is 5.62. The Bertz CT molecular complexity index is 268. The molecule has 2 unspecified atom stereocenters. The first-order chi connectivity index (χ1) is 8.85. The van der Waals surface area contributed by atoms with Crippen LogP contribution in [-0.2, 0) is 4.74 Å². The van der Waals surface area contributed by atoms with Gasteiger partial charge < -0.3 is 10.1 Å². The predicted octanol–water partition coefficient (Wildman–Crippen LogP) is 3.65. The van der Waals surface area contributed by atoms with Crippen molar-refractivity contribution in [3.05, 3.63) is 0 Å². The Labute approximate surface area is 112 Å². The molecule has 0 aromatic carbocycles. The highest BCUT2D eigenvalue weighted by molar-refractivity contribution is 5.09. The fourth-order valence-corrected chi connectivity index (χ4v) is 4.16. The lowest BCUT2D eigenvalue weighted by molar-refractivity contribution is -0.189. The van der Waals surface area contributed by atoms with Gasteiger partial charge in [-0.2, -0.15) is 0 Å². The van der Waals surface area contributed by atoms with Crippen molar-refractivity contribution in [3.8, 4) is 0 Å². The van der Waals surface area contributed by atoms with Crippen molar-refractivity contribution in [1.29, 1.82) is 0 Å². The third-order valence-corrected chi connectivity index (χ3v) is 5.62. The average Bonchev–Trinajstić information content (AvgIpc) is 2.36. The van der Waals surface area contributed by atoms with Crippen LogP contribution >= 0.6 is 0 Å². The van der Waals surface area contributed by atoms with Crippen LogP contribution in [0.3, 0.4) is 0 Å². The van der Waals surface area contributed by atoms with Crippen LogP contribution in [-0.4, -0.2) is 24.8 Å². The summed E-state index contributed by atoms with van der Waals surface area (Å²) in [7, 11) is 0. The Balaban J connectivity index is 1.60. The van der Waals surface area contributed by atoms with Crippen molar-refractivity contribution in [1.82, 2.24) is 5.32 Å². The summed E-state index contributed by atoms with van der Waals surface area (Å²) in [6.07, 6.45) is 14.9. The van der Waals surface area contributed by atoms with E-state index in [9.17, 15) is 0 Å². The monoisotopic (exact) mass is 251 g/mol. The van der Waals surface area contributed by atoms with Gasteiger partial charge in [0.25, 0.3) is 0 Å². The summed E-state index contributed by atoms with van der Waals surface area (Å²) < 4.78 is 6.39. The molecular weight excluding hydrogens is 222 g/mol. The molecule has 2 nitrogen and oxygen atoms in total. The summed E-state index contributed by atoms with van der Waals surface area (Å²) in [6.45, 7) is 3.45. The molecule has 0 aromatic rings. The topological polar surface area (TPSA) is 21.3 Å². The second kappa shape index (κ2) is 5.50. The molecule has 0 amide bonds. The number of nitrogens with one attached hydrogen (secondary N) is 1. The molecule has 0 aliphatic heterocycles. The first-order valence-electron chi connectivity index (χ1n) is 8.24. The van der Waals surface area contributed by atoms with Crippen LogP contribution in [0.25, 0.3) is 0 Å². The van der Waals surface area contributed by atoms with E-state index < -0.39 is 0 Å². The van der Waals surface area contributed by atoms with E-state index in [2.05, 4.69) is 12.2 Å². The average molecular weight is 251 g/mol. The van der Waals surface area contributed by atoms with Gasteiger partial charge in [0.05, 0.1) is 12.2 Å². The van der Waals surface area contributed by atoms with E-state index in [-0.39, 0.29) is 0 Å². The zero-order valence-corrected chi connectivity index (χ0v) is 11.9. The normalized spacial score (nSPS) is 35.2. The van der Waals surface area contributed by atoms with Crippen LogP contribution in [0.4, 0.5) is 0 Å². The molecule has 3 rings (SSSR count). The van der Waals surface area contributed by atoms with Crippen molar-refractivity contribution in [2.45, 2.75) is 89.4 Å². The molecule has 3 fully saturated rings. The van der Waals surface area contributed by atoms with Gasteiger partial charge in [-0.05, 0) is 51.5 Å². The molecule has 18 heavy (non-hydrogen) atoms. The van der Waals surface area contributed by atoms with Crippen LogP contribution in [0.1, 0.15) is 71.1 Å². The largest absolute Gasteiger partial charge is 0.374 e. The first kappa shape index (κ1) is 12.9. The zero-order chi connectivity index (χ0) is 12.4. The smallest absolute Gasteiger partial charge is 0.0665 e. The zero-order valence-electron chi connectivity index (χ0n) is 11.9. The predicted molar refractivity (Wildman–Crippen MR) is 74.7 cm³/mol. The lowest BCUT2D eigenvalue weighted by atomic mass is 9.55. The Morgan fingerprint density at radius 2 is 1.89 bits per heavy atom. The quantitative estimate of drug-likeness (QED) is 0.805. The highest BCUT2D eigenvalue weighted by atomic mass is 16.5. The molecule has 3 aliphatic carbocycles. The van der Waals surface area contributed by atoms with E-state index in [0.717, 1.165) is 6.04 Å². The van der Waals surface area contributed by atoms with Gasteiger partial charge in [0, 0.05) is 11.5 Å². The fraction of sp³-hybridized carbons (Fsp3) is 1.00. The second-order valence-corrected chi connectivity index (χ2v) is 6.71. The van der Waals surface area contributed by atoms with Gasteiger partial charge in [0.2, 0.25) is 0 Å². The number of hydrogen-bond acceptors (Lipinski definition) is 2. The van der Waals surface area contributed by atoms with Crippen LogP contribution < -0.4 is 5.32 Å². The Kier molecular flexibility index (Phi) is 3.95. The SMILES string of the molecule is CCCNC1CC(OC2CCC2)C12CCCCC2. The molecule has 3 saturated carbocycles. The lowest BCUT2D eigenvalue weighted by Gasteiger charge is -2.59. The standard InChI is InChI=1S/C16H29NO/c1-2-11-17-14-12-15(18-13-7-6-8-13)16(14)9-4-3-5-10-16/h13-15,17H,2-12H2,1H3. The molecule has 0 aromatic heterocycles. The summed E-state index contributed by atoms with van der Waals surface area (Å²) in [5.41, 5.74) is 0.517. The number of ether oxygens (including phenoxy) is 1. The maximum Gasteiger partial charge on any atom is 0.0665 e. The van der Waals surface area contributed by atoms with Crippen LogP contribution in [0, 0.1) is 5.41 Å². The maximum absolute atomic E-state index is 6.39.